The molecule has 9 nitrogen and oxygen atoms in total. The highest BCUT2D eigenvalue weighted by atomic mass is 32.1. The van der Waals surface area contributed by atoms with Crippen LogP contribution in [0, 0.1) is 20.2 Å². The van der Waals surface area contributed by atoms with Crippen LogP contribution in [0.1, 0.15) is 10.4 Å². The van der Waals surface area contributed by atoms with Gasteiger partial charge in [-0.2, -0.15) is 12.6 Å². The van der Waals surface area contributed by atoms with E-state index in [9.17, 15) is 25.0 Å². The number of nitrogens with zero attached hydrogens (tertiary/aromatic N) is 2. The van der Waals surface area contributed by atoms with Crippen LogP contribution >= 0.6 is 12.6 Å². The summed E-state index contributed by atoms with van der Waals surface area (Å²) < 4.78 is 0. The van der Waals surface area contributed by atoms with Gasteiger partial charge in [0, 0.05) is 24.4 Å². The third-order valence-electron chi connectivity index (χ3n) is 2.15. The summed E-state index contributed by atoms with van der Waals surface area (Å²) in [4.78, 5) is 30.8. The Kier molecular flexibility index (Phi) is 4.64. The number of nitrogens with one attached hydrogen (secondary N) is 1. The molecule has 19 heavy (non-hydrogen) atoms. The Balaban J connectivity index is 3.50. The average molecular weight is 287 g/mol. The number of carboxylic acids is 1. The number of nitro groups is 2. The van der Waals surface area contributed by atoms with Gasteiger partial charge in [0.25, 0.3) is 11.4 Å². The zero-order chi connectivity index (χ0) is 14.6. The summed E-state index contributed by atoms with van der Waals surface area (Å²) in [5.74, 6) is -1.18. The number of carbonyl (C=O) groups is 1. The fraction of sp³-hybridized carbons (Fsp3) is 0.222. The van der Waals surface area contributed by atoms with Crippen molar-refractivity contribution in [2.45, 2.75) is 0 Å². The lowest BCUT2D eigenvalue weighted by Crippen LogP contribution is -2.10. The SMILES string of the molecule is O=C(O)c1cc([N+](=O)[O-])c(NCCS)c([N+](=O)[O-])c1. The van der Waals surface area contributed by atoms with Gasteiger partial charge in [0.2, 0.25) is 0 Å². The molecule has 0 bridgehead atoms. The Morgan fingerprint density at radius 2 is 1.74 bits per heavy atom. The van der Waals surface area contributed by atoms with Crippen LogP contribution in [0.15, 0.2) is 12.1 Å². The zero-order valence-corrected chi connectivity index (χ0v) is 10.3. The molecule has 1 aromatic rings. The Bertz CT molecular complexity index is 512. The van der Waals surface area contributed by atoms with E-state index < -0.39 is 32.8 Å². The van der Waals surface area contributed by atoms with Gasteiger partial charge in [0.05, 0.1) is 15.4 Å². The maximum absolute atomic E-state index is 10.9. The van der Waals surface area contributed by atoms with Gasteiger partial charge in [0.15, 0.2) is 5.69 Å². The Hall–Kier alpha value is -2.36. The maximum atomic E-state index is 10.9. The average Bonchev–Trinajstić information content (AvgIpc) is 2.34. The molecule has 0 aliphatic heterocycles. The number of benzene rings is 1. The number of aromatic carboxylic acids is 1. The van der Waals surface area contributed by atoms with Crippen molar-refractivity contribution in [3.63, 3.8) is 0 Å². The summed E-state index contributed by atoms with van der Waals surface area (Å²) in [6, 6.07) is 1.55. The van der Waals surface area contributed by atoms with Crippen LogP contribution in [0.2, 0.25) is 0 Å². The first kappa shape index (κ1) is 14.7. The minimum Gasteiger partial charge on any atom is -0.478 e. The quantitative estimate of drug-likeness (QED) is 0.410. The molecule has 0 spiro atoms. The molecule has 0 aromatic heterocycles. The molecule has 1 aromatic carbocycles. The summed E-state index contributed by atoms with van der Waals surface area (Å²) in [7, 11) is 0. The number of anilines is 1. The van der Waals surface area contributed by atoms with Crippen molar-refractivity contribution in [2.75, 3.05) is 17.6 Å². The van der Waals surface area contributed by atoms with Crippen molar-refractivity contribution in [1.82, 2.24) is 0 Å². The van der Waals surface area contributed by atoms with Crippen LogP contribution in [-0.2, 0) is 0 Å². The molecule has 0 amide bonds. The van der Waals surface area contributed by atoms with Gasteiger partial charge >= 0.3 is 5.97 Å². The highest BCUT2D eigenvalue weighted by Crippen LogP contribution is 2.35. The third-order valence-corrected chi connectivity index (χ3v) is 2.37. The molecule has 102 valence electrons. The van der Waals surface area contributed by atoms with Gasteiger partial charge in [-0.1, -0.05) is 0 Å². The van der Waals surface area contributed by atoms with E-state index in [0.29, 0.717) is 5.75 Å². The van der Waals surface area contributed by atoms with E-state index in [1.807, 2.05) is 0 Å². The smallest absolute Gasteiger partial charge is 0.336 e. The lowest BCUT2D eigenvalue weighted by atomic mass is 10.1. The van der Waals surface area contributed by atoms with Crippen molar-refractivity contribution >= 4 is 35.7 Å². The van der Waals surface area contributed by atoms with Crippen LogP contribution in [0.5, 0.6) is 0 Å². The topological polar surface area (TPSA) is 136 Å². The second-order valence-electron chi connectivity index (χ2n) is 3.36. The van der Waals surface area contributed by atoms with E-state index in [-0.39, 0.29) is 12.2 Å². The number of hydrogen-bond acceptors (Lipinski definition) is 7. The van der Waals surface area contributed by atoms with Crippen molar-refractivity contribution in [3.05, 3.63) is 37.9 Å². The summed E-state index contributed by atoms with van der Waals surface area (Å²) in [5, 5.41) is 33.0. The third kappa shape index (κ3) is 3.31. The lowest BCUT2D eigenvalue weighted by molar-refractivity contribution is -0.392. The lowest BCUT2D eigenvalue weighted by Gasteiger charge is -2.07. The van der Waals surface area contributed by atoms with Gasteiger partial charge in [-0.05, 0) is 0 Å². The van der Waals surface area contributed by atoms with Crippen LogP contribution in [0.25, 0.3) is 0 Å². The standard InChI is InChI=1S/C9H9N3O6S/c13-9(14)5-3-6(11(15)16)8(10-1-2-19)7(4-5)12(17)18/h3-4,10,19H,1-2H2,(H,13,14). The Labute approximate surface area is 111 Å². The first-order chi connectivity index (χ1) is 8.88. The number of carboxylic acid groups (broad SMARTS) is 1. The molecule has 0 saturated carbocycles. The molecule has 1 rings (SSSR count). The summed E-state index contributed by atoms with van der Waals surface area (Å²) in [6.07, 6.45) is 0. The second kappa shape index (κ2) is 6.00. The molecule has 0 aliphatic carbocycles. The van der Waals surface area contributed by atoms with Gasteiger partial charge in [-0.3, -0.25) is 20.2 Å². The molecular formula is C9H9N3O6S. The van der Waals surface area contributed by atoms with E-state index in [1.165, 1.54) is 0 Å². The zero-order valence-electron chi connectivity index (χ0n) is 9.40. The van der Waals surface area contributed by atoms with E-state index in [2.05, 4.69) is 17.9 Å². The van der Waals surface area contributed by atoms with Crippen LogP contribution in [0.4, 0.5) is 17.1 Å². The van der Waals surface area contributed by atoms with Gasteiger partial charge in [0.1, 0.15) is 0 Å². The molecule has 10 heteroatoms. The fourth-order valence-corrected chi connectivity index (χ4v) is 1.50. The molecule has 0 atom stereocenters. The number of hydrogen-bond donors (Lipinski definition) is 3. The van der Waals surface area contributed by atoms with Gasteiger partial charge < -0.3 is 10.4 Å². The van der Waals surface area contributed by atoms with E-state index in [4.69, 9.17) is 5.11 Å². The number of thiol groups is 1. The van der Waals surface area contributed by atoms with Gasteiger partial charge in [-0.25, -0.2) is 4.79 Å². The van der Waals surface area contributed by atoms with Crippen molar-refractivity contribution in [1.29, 1.82) is 0 Å². The minimum absolute atomic E-state index is 0.164. The van der Waals surface area contributed by atoms with Crippen LogP contribution < -0.4 is 5.32 Å². The molecule has 0 unspecified atom stereocenters. The van der Waals surface area contributed by atoms with Crippen molar-refractivity contribution < 1.29 is 19.7 Å². The van der Waals surface area contributed by atoms with Gasteiger partial charge in [-0.15, -0.1) is 0 Å². The summed E-state index contributed by atoms with van der Waals surface area (Å²) in [6.45, 7) is 0.164. The molecule has 0 fully saturated rings. The first-order valence-electron chi connectivity index (χ1n) is 4.93. The fourth-order valence-electron chi connectivity index (χ4n) is 1.39. The second-order valence-corrected chi connectivity index (χ2v) is 3.81. The molecule has 2 N–H and O–H groups in total. The molecule has 0 radical (unpaired) electrons. The Morgan fingerprint density at radius 3 is 2.05 bits per heavy atom. The maximum Gasteiger partial charge on any atom is 0.336 e. The molecule has 0 aliphatic rings. The van der Waals surface area contributed by atoms with E-state index in [0.717, 1.165) is 12.1 Å². The predicted octanol–water partition coefficient (Wildman–Crippen LogP) is 1.54. The number of nitro benzene ring substituents is 2. The van der Waals surface area contributed by atoms with Crippen LogP contribution in [0.3, 0.4) is 0 Å². The summed E-state index contributed by atoms with van der Waals surface area (Å²) >= 11 is 3.88. The Morgan fingerprint density at radius 1 is 1.26 bits per heavy atom. The minimum atomic E-state index is -1.48. The normalized spacial score (nSPS) is 9.95. The summed E-state index contributed by atoms with van der Waals surface area (Å²) in [5.41, 5.74) is -2.16. The number of rotatable bonds is 6. The highest BCUT2D eigenvalue weighted by molar-refractivity contribution is 7.80. The highest BCUT2D eigenvalue weighted by Gasteiger charge is 2.28. The largest absolute Gasteiger partial charge is 0.478 e. The van der Waals surface area contributed by atoms with E-state index in [1.54, 1.807) is 0 Å². The first-order valence-corrected chi connectivity index (χ1v) is 5.56. The predicted molar refractivity (Wildman–Crippen MR) is 69.1 cm³/mol. The molecular weight excluding hydrogens is 278 g/mol. The molecule has 0 heterocycles. The monoisotopic (exact) mass is 287 g/mol. The van der Waals surface area contributed by atoms with E-state index >= 15 is 0 Å². The van der Waals surface area contributed by atoms with Crippen LogP contribution in [-0.4, -0.2) is 33.2 Å². The van der Waals surface area contributed by atoms with Crippen molar-refractivity contribution in [2.24, 2.45) is 0 Å². The molecule has 0 saturated heterocycles. The van der Waals surface area contributed by atoms with Crippen molar-refractivity contribution in [3.8, 4) is 0 Å².